The van der Waals surface area contributed by atoms with Crippen molar-refractivity contribution >= 4 is 29.6 Å². The van der Waals surface area contributed by atoms with Crippen LogP contribution in [0.5, 0.6) is 5.75 Å². The number of pyridine rings is 1. The maximum absolute atomic E-state index is 12.6. The SMILES string of the molecule is CC(C=O)Cc1cn2cc(NC(=O)c3ccc(OC(=O)NC(C)(C)CCO)cc3)ccc2n1. The fraction of sp³-hybridized carbons (Fsp3) is 0.333. The average Bonchev–Trinajstić information content (AvgIpc) is 3.14. The molecule has 3 N–H and O–H groups in total. The minimum absolute atomic E-state index is 0.0502. The number of hydrogen-bond acceptors (Lipinski definition) is 6. The van der Waals surface area contributed by atoms with Crippen LogP contribution < -0.4 is 15.4 Å². The third-order valence-corrected chi connectivity index (χ3v) is 5.03. The van der Waals surface area contributed by atoms with Crippen LogP contribution in [0, 0.1) is 5.92 Å². The van der Waals surface area contributed by atoms with Gasteiger partial charge in [0, 0.05) is 42.4 Å². The summed E-state index contributed by atoms with van der Waals surface area (Å²) in [6.07, 6.45) is 4.80. The quantitative estimate of drug-likeness (QED) is 0.429. The highest BCUT2D eigenvalue weighted by Crippen LogP contribution is 2.17. The summed E-state index contributed by atoms with van der Waals surface area (Å²) in [4.78, 5) is 40.0. The van der Waals surface area contributed by atoms with Gasteiger partial charge >= 0.3 is 6.09 Å². The third-order valence-electron chi connectivity index (χ3n) is 5.03. The van der Waals surface area contributed by atoms with Gasteiger partial charge in [0.2, 0.25) is 0 Å². The van der Waals surface area contributed by atoms with Crippen LogP contribution in [-0.2, 0) is 11.2 Å². The zero-order valence-corrected chi connectivity index (χ0v) is 18.9. The van der Waals surface area contributed by atoms with Crippen LogP contribution in [0.1, 0.15) is 43.2 Å². The number of carbonyl (C=O) groups is 3. The first-order valence-corrected chi connectivity index (χ1v) is 10.6. The molecule has 1 aromatic carbocycles. The topological polar surface area (TPSA) is 122 Å². The molecule has 0 aliphatic heterocycles. The molecule has 174 valence electrons. The standard InChI is InChI=1S/C24H28N4O5/c1-16(15-30)12-19-14-28-13-18(6-9-21(28)25-19)26-22(31)17-4-7-20(8-5-17)33-23(32)27-24(2,3)10-11-29/h4-9,13-16,29H,10-12H2,1-3H3,(H,26,31)(H,27,32). The number of carbonyl (C=O) groups excluding carboxylic acids is 3. The van der Waals surface area contributed by atoms with Gasteiger partial charge in [0.1, 0.15) is 17.7 Å². The summed E-state index contributed by atoms with van der Waals surface area (Å²) in [6.45, 7) is 5.35. The molecule has 2 heterocycles. The van der Waals surface area contributed by atoms with E-state index in [0.29, 0.717) is 29.8 Å². The van der Waals surface area contributed by atoms with Crippen molar-refractivity contribution < 1.29 is 24.2 Å². The van der Waals surface area contributed by atoms with Gasteiger partial charge in [-0.1, -0.05) is 6.92 Å². The van der Waals surface area contributed by atoms with Crippen molar-refractivity contribution in [1.82, 2.24) is 14.7 Å². The number of nitrogens with zero attached hydrogens (tertiary/aromatic N) is 2. The summed E-state index contributed by atoms with van der Waals surface area (Å²) in [5, 5.41) is 14.6. The summed E-state index contributed by atoms with van der Waals surface area (Å²) in [6, 6.07) is 9.73. The Morgan fingerprint density at radius 2 is 1.91 bits per heavy atom. The van der Waals surface area contributed by atoms with Crippen LogP contribution in [0.15, 0.2) is 48.8 Å². The van der Waals surface area contributed by atoms with Crippen LogP contribution in [0.2, 0.25) is 0 Å². The van der Waals surface area contributed by atoms with E-state index in [1.807, 2.05) is 13.1 Å². The van der Waals surface area contributed by atoms with Crippen molar-refractivity contribution in [3.05, 3.63) is 60.0 Å². The van der Waals surface area contributed by atoms with E-state index in [1.54, 1.807) is 48.7 Å². The summed E-state index contributed by atoms with van der Waals surface area (Å²) < 4.78 is 7.04. The van der Waals surface area contributed by atoms with Gasteiger partial charge in [-0.2, -0.15) is 0 Å². The number of rotatable bonds is 9. The molecule has 9 heteroatoms. The zero-order chi connectivity index (χ0) is 24.0. The lowest BCUT2D eigenvalue weighted by Crippen LogP contribution is -2.45. The number of benzene rings is 1. The largest absolute Gasteiger partial charge is 0.413 e. The molecule has 2 amide bonds. The third kappa shape index (κ3) is 6.63. The molecule has 3 aromatic rings. The summed E-state index contributed by atoms with van der Waals surface area (Å²) in [5.41, 5.74) is 1.91. The first-order chi connectivity index (χ1) is 15.7. The number of aliphatic hydroxyl groups excluding tert-OH is 1. The van der Waals surface area contributed by atoms with Crippen LogP contribution >= 0.6 is 0 Å². The molecule has 0 spiro atoms. The van der Waals surface area contributed by atoms with Crippen LogP contribution in [0.4, 0.5) is 10.5 Å². The predicted molar refractivity (Wildman–Crippen MR) is 123 cm³/mol. The Balaban J connectivity index is 1.61. The molecule has 0 saturated heterocycles. The number of amides is 2. The first-order valence-electron chi connectivity index (χ1n) is 10.6. The second-order valence-corrected chi connectivity index (χ2v) is 8.58. The molecule has 2 aromatic heterocycles. The number of anilines is 1. The lowest BCUT2D eigenvalue weighted by atomic mass is 10.0. The van der Waals surface area contributed by atoms with Gasteiger partial charge < -0.3 is 29.7 Å². The molecule has 0 aliphatic rings. The highest BCUT2D eigenvalue weighted by Gasteiger charge is 2.21. The van der Waals surface area contributed by atoms with Gasteiger partial charge in [-0.25, -0.2) is 9.78 Å². The van der Waals surface area contributed by atoms with Gasteiger partial charge in [0.25, 0.3) is 5.91 Å². The van der Waals surface area contributed by atoms with E-state index in [2.05, 4.69) is 15.6 Å². The molecule has 3 rings (SSSR count). The van der Waals surface area contributed by atoms with Crippen LogP contribution in [0.3, 0.4) is 0 Å². The van der Waals surface area contributed by atoms with Crippen molar-refractivity contribution in [2.24, 2.45) is 5.92 Å². The van der Waals surface area contributed by atoms with Crippen molar-refractivity contribution in [2.75, 3.05) is 11.9 Å². The Kier molecular flexibility index (Phi) is 7.44. The summed E-state index contributed by atoms with van der Waals surface area (Å²) in [5.74, 6) is -0.135. The first kappa shape index (κ1) is 23.9. The van der Waals surface area contributed by atoms with Crippen molar-refractivity contribution in [2.45, 2.75) is 39.2 Å². The fourth-order valence-electron chi connectivity index (χ4n) is 3.22. The van der Waals surface area contributed by atoms with Crippen LogP contribution in [-0.4, -0.2) is 44.9 Å². The minimum Gasteiger partial charge on any atom is -0.410 e. The Bertz CT molecular complexity index is 1140. The van der Waals surface area contributed by atoms with Crippen molar-refractivity contribution in [3.8, 4) is 5.75 Å². The lowest BCUT2D eigenvalue weighted by Gasteiger charge is -2.24. The maximum Gasteiger partial charge on any atom is 0.413 e. The number of aldehydes is 1. The lowest BCUT2D eigenvalue weighted by molar-refractivity contribution is -0.110. The van der Waals surface area contributed by atoms with Gasteiger partial charge in [0.05, 0.1) is 11.4 Å². The number of fused-ring (bicyclic) bond motifs is 1. The van der Waals surface area contributed by atoms with E-state index in [9.17, 15) is 14.4 Å². The average molecular weight is 453 g/mol. The molecular formula is C24H28N4O5. The van der Waals surface area contributed by atoms with E-state index in [4.69, 9.17) is 9.84 Å². The monoisotopic (exact) mass is 452 g/mol. The van der Waals surface area contributed by atoms with Crippen LogP contribution in [0.25, 0.3) is 5.65 Å². The molecule has 33 heavy (non-hydrogen) atoms. The van der Waals surface area contributed by atoms with E-state index >= 15 is 0 Å². The zero-order valence-electron chi connectivity index (χ0n) is 18.9. The second kappa shape index (κ2) is 10.3. The Morgan fingerprint density at radius 3 is 2.58 bits per heavy atom. The summed E-state index contributed by atoms with van der Waals surface area (Å²) in [7, 11) is 0. The van der Waals surface area contributed by atoms with E-state index < -0.39 is 11.6 Å². The smallest absolute Gasteiger partial charge is 0.410 e. The van der Waals surface area contributed by atoms with Gasteiger partial charge in [-0.3, -0.25) is 4.79 Å². The van der Waals surface area contributed by atoms with Gasteiger partial charge in [-0.15, -0.1) is 0 Å². The van der Waals surface area contributed by atoms with Crippen molar-refractivity contribution in [1.29, 1.82) is 0 Å². The Hall–Kier alpha value is -3.72. The minimum atomic E-state index is -0.638. The number of imidazole rings is 1. The molecule has 1 atom stereocenters. The Labute approximate surface area is 191 Å². The highest BCUT2D eigenvalue weighted by atomic mass is 16.6. The molecule has 1 unspecified atom stereocenters. The van der Waals surface area contributed by atoms with Gasteiger partial charge in [-0.05, 0) is 56.7 Å². The number of hydrogen-bond donors (Lipinski definition) is 3. The number of ether oxygens (including phenoxy) is 1. The van der Waals surface area contributed by atoms with Gasteiger partial charge in [0.15, 0.2) is 0 Å². The number of nitrogens with one attached hydrogen (secondary N) is 2. The number of aliphatic hydroxyl groups is 1. The number of aromatic nitrogens is 2. The molecule has 9 nitrogen and oxygen atoms in total. The predicted octanol–water partition coefficient (Wildman–Crippen LogP) is 3.21. The molecule has 0 fully saturated rings. The molecule has 0 radical (unpaired) electrons. The van der Waals surface area contributed by atoms with E-state index in [-0.39, 0.29) is 18.4 Å². The molecule has 0 aliphatic carbocycles. The summed E-state index contributed by atoms with van der Waals surface area (Å²) >= 11 is 0. The van der Waals surface area contributed by atoms with E-state index in [0.717, 1.165) is 17.6 Å². The maximum atomic E-state index is 12.6. The second-order valence-electron chi connectivity index (χ2n) is 8.58. The Morgan fingerprint density at radius 1 is 1.18 bits per heavy atom. The van der Waals surface area contributed by atoms with E-state index in [1.165, 1.54) is 12.1 Å². The highest BCUT2D eigenvalue weighted by molar-refractivity contribution is 6.04. The fourth-order valence-corrected chi connectivity index (χ4v) is 3.22. The molecular weight excluding hydrogens is 424 g/mol. The normalized spacial score (nSPS) is 12.2. The molecule has 0 bridgehead atoms. The van der Waals surface area contributed by atoms with Crippen molar-refractivity contribution in [3.63, 3.8) is 0 Å². The molecule has 0 saturated carbocycles.